The van der Waals surface area contributed by atoms with Crippen LogP contribution in [0.5, 0.6) is 0 Å². The summed E-state index contributed by atoms with van der Waals surface area (Å²) in [5, 5.41) is 8.81. The number of ether oxygens (including phenoxy) is 1. The summed E-state index contributed by atoms with van der Waals surface area (Å²) in [4.78, 5) is 14.3. The highest BCUT2D eigenvalue weighted by Crippen LogP contribution is 2.19. The van der Waals surface area contributed by atoms with Crippen molar-refractivity contribution >= 4 is 27.3 Å². The Bertz CT molecular complexity index is 511. The Labute approximate surface area is 109 Å². The van der Waals surface area contributed by atoms with Crippen LogP contribution in [-0.2, 0) is 14.8 Å². The monoisotopic (exact) mass is 294 g/mol. The molecule has 0 saturated carbocycles. The molecular formula is C9H14N2O5S2. The summed E-state index contributed by atoms with van der Waals surface area (Å²) in [7, 11) is -2.31. The number of aromatic carboxylic acids is 1. The predicted molar refractivity (Wildman–Crippen MR) is 65.3 cm³/mol. The number of hydrogen-bond acceptors (Lipinski definition) is 6. The van der Waals surface area contributed by atoms with Gasteiger partial charge in [0.2, 0.25) is 0 Å². The Morgan fingerprint density at radius 2 is 2.33 bits per heavy atom. The average Bonchev–Trinajstić information content (AvgIpc) is 2.76. The van der Waals surface area contributed by atoms with E-state index in [2.05, 4.69) is 9.71 Å². The largest absolute Gasteiger partial charge is 0.476 e. The van der Waals surface area contributed by atoms with E-state index in [0.717, 1.165) is 11.3 Å². The molecule has 0 aromatic carbocycles. The number of nitrogens with one attached hydrogen (secondary N) is 1. The summed E-state index contributed by atoms with van der Waals surface area (Å²) in [6.07, 6.45) is 0. The lowest BCUT2D eigenvalue weighted by atomic mass is 10.2. The number of methoxy groups -OCH3 is 1. The second-order valence-corrected chi connectivity index (χ2v) is 6.52. The van der Waals surface area contributed by atoms with Gasteiger partial charge in [-0.25, -0.2) is 22.9 Å². The molecule has 102 valence electrons. The van der Waals surface area contributed by atoms with E-state index in [0.29, 0.717) is 6.61 Å². The van der Waals surface area contributed by atoms with Crippen LogP contribution in [0.3, 0.4) is 0 Å². The van der Waals surface area contributed by atoms with Crippen LogP contribution in [0.2, 0.25) is 0 Å². The highest BCUT2D eigenvalue weighted by atomic mass is 32.2. The SMILES string of the molecule is COCC(C)CNS(=O)(=O)c1scnc1C(=O)O. The molecule has 0 aliphatic rings. The lowest BCUT2D eigenvalue weighted by Gasteiger charge is -2.11. The molecule has 0 spiro atoms. The number of carboxylic acids is 1. The molecule has 0 radical (unpaired) electrons. The van der Waals surface area contributed by atoms with Crippen molar-refractivity contribution in [2.24, 2.45) is 5.92 Å². The first-order chi connectivity index (χ1) is 8.38. The maximum Gasteiger partial charge on any atom is 0.356 e. The molecule has 1 heterocycles. The van der Waals surface area contributed by atoms with Crippen LogP contribution < -0.4 is 4.72 Å². The van der Waals surface area contributed by atoms with Gasteiger partial charge in [0.1, 0.15) is 0 Å². The van der Waals surface area contributed by atoms with Gasteiger partial charge in [-0.3, -0.25) is 0 Å². The third-order valence-electron chi connectivity index (χ3n) is 2.05. The van der Waals surface area contributed by atoms with Crippen molar-refractivity contribution < 1.29 is 23.1 Å². The summed E-state index contributed by atoms with van der Waals surface area (Å²) in [6.45, 7) is 2.40. The third-order valence-corrected chi connectivity index (χ3v) is 4.85. The molecule has 1 atom stereocenters. The Balaban J connectivity index is 2.80. The van der Waals surface area contributed by atoms with Crippen molar-refractivity contribution in [1.29, 1.82) is 0 Å². The van der Waals surface area contributed by atoms with E-state index in [4.69, 9.17) is 9.84 Å². The minimum Gasteiger partial charge on any atom is -0.476 e. The normalized spacial score (nSPS) is 13.4. The summed E-state index contributed by atoms with van der Waals surface area (Å²) >= 11 is 0.776. The maximum absolute atomic E-state index is 11.9. The van der Waals surface area contributed by atoms with Gasteiger partial charge in [-0.15, -0.1) is 11.3 Å². The molecule has 1 unspecified atom stereocenters. The number of aromatic nitrogens is 1. The fourth-order valence-corrected chi connectivity index (χ4v) is 3.58. The van der Waals surface area contributed by atoms with E-state index in [9.17, 15) is 13.2 Å². The minimum absolute atomic E-state index is 0.00836. The number of carboxylic acid groups (broad SMARTS) is 1. The van der Waals surface area contributed by atoms with Crippen LogP contribution in [0.15, 0.2) is 9.72 Å². The molecule has 18 heavy (non-hydrogen) atoms. The van der Waals surface area contributed by atoms with Gasteiger partial charge in [0.15, 0.2) is 9.90 Å². The lowest BCUT2D eigenvalue weighted by Crippen LogP contribution is -2.30. The minimum atomic E-state index is -3.84. The number of hydrogen-bond donors (Lipinski definition) is 2. The fourth-order valence-electron chi connectivity index (χ4n) is 1.23. The second-order valence-electron chi connectivity index (χ2n) is 3.71. The Morgan fingerprint density at radius 1 is 1.67 bits per heavy atom. The third kappa shape index (κ3) is 3.73. The molecule has 0 aliphatic carbocycles. The maximum atomic E-state index is 11.9. The lowest BCUT2D eigenvalue weighted by molar-refractivity contribution is 0.0687. The Hall–Kier alpha value is -1.03. The van der Waals surface area contributed by atoms with Gasteiger partial charge in [-0.1, -0.05) is 6.92 Å². The predicted octanol–water partition coefficient (Wildman–Crippen LogP) is 0.402. The van der Waals surface area contributed by atoms with Crippen LogP contribution in [0.1, 0.15) is 17.4 Å². The number of thiazole rings is 1. The van der Waals surface area contributed by atoms with Crippen molar-refractivity contribution in [3.8, 4) is 0 Å². The zero-order valence-corrected chi connectivity index (χ0v) is 11.5. The smallest absolute Gasteiger partial charge is 0.356 e. The van der Waals surface area contributed by atoms with E-state index in [1.165, 1.54) is 12.6 Å². The van der Waals surface area contributed by atoms with Gasteiger partial charge >= 0.3 is 5.97 Å². The van der Waals surface area contributed by atoms with Crippen molar-refractivity contribution in [3.63, 3.8) is 0 Å². The van der Waals surface area contributed by atoms with Crippen molar-refractivity contribution in [1.82, 2.24) is 9.71 Å². The van der Waals surface area contributed by atoms with E-state index >= 15 is 0 Å². The van der Waals surface area contributed by atoms with Gasteiger partial charge < -0.3 is 9.84 Å². The van der Waals surface area contributed by atoms with Crippen LogP contribution in [0.25, 0.3) is 0 Å². The zero-order valence-electron chi connectivity index (χ0n) is 9.91. The number of rotatable bonds is 7. The van der Waals surface area contributed by atoms with Crippen LogP contribution in [0.4, 0.5) is 0 Å². The van der Waals surface area contributed by atoms with E-state index in [1.807, 2.05) is 6.92 Å². The van der Waals surface area contributed by atoms with Gasteiger partial charge in [-0.2, -0.15) is 0 Å². The van der Waals surface area contributed by atoms with E-state index < -0.39 is 21.7 Å². The summed E-state index contributed by atoms with van der Waals surface area (Å²) in [5.74, 6) is -1.37. The molecule has 0 amide bonds. The molecule has 1 aromatic heterocycles. The molecule has 0 fully saturated rings. The van der Waals surface area contributed by atoms with Crippen LogP contribution in [-0.4, -0.2) is 44.7 Å². The summed E-state index contributed by atoms with van der Waals surface area (Å²) in [6, 6.07) is 0. The number of carbonyl (C=O) groups is 1. The van der Waals surface area contributed by atoms with Gasteiger partial charge in [0.05, 0.1) is 5.51 Å². The second kappa shape index (κ2) is 6.23. The molecule has 1 aromatic rings. The molecule has 2 N–H and O–H groups in total. The standard InChI is InChI=1S/C9H14N2O5S2/c1-6(4-16-2)3-11-18(14,15)9-7(8(12)13)10-5-17-9/h5-6,11H,3-4H2,1-2H3,(H,12,13). The molecular weight excluding hydrogens is 280 g/mol. The highest BCUT2D eigenvalue weighted by molar-refractivity contribution is 7.91. The first kappa shape index (κ1) is 15.0. The highest BCUT2D eigenvalue weighted by Gasteiger charge is 2.25. The van der Waals surface area contributed by atoms with Gasteiger partial charge in [0.25, 0.3) is 10.0 Å². The van der Waals surface area contributed by atoms with Gasteiger partial charge in [0, 0.05) is 20.3 Å². The van der Waals surface area contributed by atoms with Gasteiger partial charge in [-0.05, 0) is 5.92 Å². The van der Waals surface area contributed by atoms with Crippen LogP contribution >= 0.6 is 11.3 Å². The number of sulfonamides is 1. The molecule has 0 aliphatic heterocycles. The Kier molecular flexibility index (Phi) is 5.20. The van der Waals surface area contributed by atoms with Crippen molar-refractivity contribution in [3.05, 3.63) is 11.2 Å². The summed E-state index contributed by atoms with van der Waals surface area (Å²) < 4.78 is 30.7. The average molecular weight is 294 g/mol. The first-order valence-electron chi connectivity index (χ1n) is 5.04. The molecule has 0 bridgehead atoms. The molecule has 9 heteroatoms. The van der Waals surface area contributed by atoms with Crippen LogP contribution in [0, 0.1) is 5.92 Å². The Morgan fingerprint density at radius 3 is 2.89 bits per heavy atom. The number of nitrogens with zero attached hydrogens (tertiary/aromatic N) is 1. The molecule has 0 saturated heterocycles. The molecule has 7 nitrogen and oxygen atoms in total. The zero-order chi connectivity index (χ0) is 13.8. The molecule has 1 rings (SSSR count). The summed E-state index contributed by atoms with van der Waals surface area (Å²) in [5.41, 5.74) is 0.739. The first-order valence-corrected chi connectivity index (χ1v) is 7.40. The van der Waals surface area contributed by atoms with Crippen molar-refractivity contribution in [2.45, 2.75) is 11.1 Å². The van der Waals surface area contributed by atoms with E-state index in [-0.39, 0.29) is 16.7 Å². The quantitative estimate of drug-likeness (QED) is 0.754. The fraction of sp³-hybridized carbons (Fsp3) is 0.556. The van der Waals surface area contributed by atoms with E-state index in [1.54, 1.807) is 0 Å². The topological polar surface area (TPSA) is 106 Å². The van der Waals surface area contributed by atoms with Crippen molar-refractivity contribution in [2.75, 3.05) is 20.3 Å².